The van der Waals surface area contributed by atoms with Crippen molar-refractivity contribution in [1.82, 2.24) is 19.8 Å². The molecule has 0 radical (unpaired) electrons. The highest BCUT2D eigenvalue weighted by Gasteiger charge is 2.34. The summed E-state index contributed by atoms with van der Waals surface area (Å²) in [6.07, 6.45) is 1.96. The molecule has 0 saturated carbocycles. The van der Waals surface area contributed by atoms with Gasteiger partial charge in [-0.25, -0.2) is 9.18 Å². The van der Waals surface area contributed by atoms with Crippen LogP contribution in [0.1, 0.15) is 30.5 Å². The smallest absolute Gasteiger partial charge is 0.407 e. The molecule has 1 amide bonds. The van der Waals surface area contributed by atoms with Crippen LogP contribution in [-0.4, -0.2) is 89.4 Å². The second-order valence-corrected chi connectivity index (χ2v) is 11.1. The van der Waals surface area contributed by atoms with Gasteiger partial charge < -0.3 is 29.4 Å². The molecule has 4 heterocycles. The first-order valence-electron chi connectivity index (χ1n) is 14.2. The molecule has 1 aromatic heterocycles. The molecule has 1 N–H and O–H groups in total. The summed E-state index contributed by atoms with van der Waals surface area (Å²) in [4.78, 5) is 29.5. The number of hydrogen-bond acceptors (Lipinski definition) is 8. The Labute approximate surface area is 238 Å². The molecule has 2 saturated heterocycles. The second kappa shape index (κ2) is 11.4. The molecular formula is C30H34FN7O3. The summed E-state index contributed by atoms with van der Waals surface area (Å²) in [5.41, 5.74) is 2.81. The van der Waals surface area contributed by atoms with Crippen molar-refractivity contribution in [2.24, 2.45) is 0 Å². The number of nitriles is 1. The van der Waals surface area contributed by atoms with E-state index in [0.29, 0.717) is 56.6 Å². The number of amides is 1. The molecule has 0 unspecified atom stereocenters. The standard InChI is InChI=1S/C30H34FN7O3/c1-35-13-4-5-21(35)19-41-29-33-26-18-36(27-9-8-25(31)22-6-2-3-7-23(22)27)14-11-24(26)28(34-29)37-15-16-38(30(39)40)20(17-37)10-12-32/h2-3,6-9,20-21H,4-5,10-11,13-19H2,1H3,(H,39,40)/t20-,21-/m0/s1. The van der Waals surface area contributed by atoms with E-state index in [0.717, 1.165) is 47.5 Å². The van der Waals surface area contributed by atoms with Gasteiger partial charge in [0.15, 0.2) is 0 Å². The molecule has 0 spiro atoms. The van der Waals surface area contributed by atoms with E-state index in [1.807, 2.05) is 24.3 Å². The quantitative estimate of drug-likeness (QED) is 0.481. The zero-order chi connectivity index (χ0) is 28.5. The summed E-state index contributed by atoms with van der Waals surface area (Å²) in [6.45, 7) is 3.87. The van der Waals surface area contributed by atoms with Gasteiger partial charge in [-0.3, -0.25) is 0 Å². The summed E-state index contributed by atoms with van der Waals surface area (Å²) in [5.74, 6) is 0.507. The molecule has 2 fully saturated rings. The molecule has 214 valence electrons. The lowest BCUT2D eigenvalue weighted by atomic mass is 10.0. The highest BCUT2D eigenvalue weighted by atomic mass is 19.1. The lowest BCUT2D eigenvalue weighted by Gasteiger charge is -2.41. The van der Waals surface area contributed by atoms with Crippen molar-refractivity contribution < 1.29 is 19.0 Å². The number of rotatable bonds is 6. The van der Waals surface area contributed by atoms with Crippen molar-refractivity contribution in [1.29, 1.82) is 5.26 Å². The van der Waals surface area contributed by atoms with E-state index in [1.54, 1.807) is 6.07 Å². The van der Waals surface area contributed by atoms with Crippen molar-refractivity contribution >= 4 is 28.4 Å². The number of likely N-dealkylation sites (N-methyl/N-ethyl adjacent to an activating group) is 1. The summed E-state index contributed by atoms with van der Waals surface area (Å²) >= 11 is 0. The van der Waals surface area contributed by atoms with Crippen LogP contribution in [-0.2, 0) is 13.0 Å². The molecule has 3 aliphatic heterocycles. The molecule has 0 aliphatic carbocycles. The van der Waals surface area contributed by atoms with E-state index < -0.39 is 12.1 Å². The topological polar surface area (TPSA) is 109 Å². The number of ether oxygens (including phenoxy) is 1. The number of carboxylic acid groups (broad SMARTS) is 1. The first-order chi connectivity index (χ1) is 19.9. The maximum absolute atomic E-state index is 14.6. The van der Waals surface area contributed by atoms with Crippen LogP contribution < -0.4 is 14.5 Å². The van der Waals surface area contributed by atoms with Gasteiger partial charge in [-0.2, -0.15) is 15.2 Å². The van der Waals surface area contributed by atoms with Crippen LogP contribution in [0, 0.1) is 17.1 Å². The van der Waals surface area contributed by atoms with Crippen LogP contribution in [0.25, 0.3) is 10.8 Å². The number of piperazine rings is 1. The summed E-state index contributed by atoms with van der Waals surface area (Å²) in [5, 5.41) is 20.5. The van der Waals surface area contributed by atoms with Gasteiger partial charge in [0.1, 0.15) is 18.2 Å². The number of aromatic nitrogens is 2. The van der Waals surface area contributed by atoms with Crippen molar-refractivity contribution in [2.75, 3.05) is 56.2 Å². The van der Waals surface area contributed by atoms with E-state index in [4.69, 9.17) is 14.7 Å². The molecule has 41 heavy (non-hydrogen) atoms. The number of hydrogen-bond donors (Lipinski definition) is 1. The van der Waals surface area contributed by atoms with Gasteiger partial charge in [0.25, 0.3) is 0 Å². The first kappa shape index (κ1) is 27.0. The normalized spacial score (nSPS) is 21.1. The lowest BCUT2D eigenvalue weighted by molar-refractivity contribution is 0.119. The van der Waals surface area contributed by atoms with E-state index in [2.05, 4.69) is 27.8 Å². The SMILES string of the molecule is CN1CCC[C@H]1COc1nc2c(c(N3CCN(C(=O)O)[C@@H](CC#N)C3)n1)CCN(c1ccc(F)c3ccccc13)C2. The highest BCUT2D eigenvalue weighted by molar-refractivity contribution is 5.94. The van der Waals surface area contributed by atoms with Crippen LogP contribution >= 0.6 is 0 Å². The molecular weight excluding hydrogens is 525 g/mol. The van der Waals surface area contributed by atoms with Crippen molar-refractivity contribution in [3.05, 3.63) is 53.5 Å². The summed E-state index contributed by atoms with van der Waals surface area (Å²) < 4.78 is 20.8. The minimum Gasteiger partial charge on any atom is -0.465 e. The van der Waals surface area contributed by atoms with Crippen molar-refractivity contribution in [2.45, 2.75) is 44.3 Å². The predicted octanol–water partition coefficient (Wildman–Crippen LogP) is 3.89. The minimum absolute atomic E-state index is 0.110. The van der Waals surface area contributed by atoms with Crippen molar-refractivity contribution in [3.63, 3.8) is 0 Å². The van der Waals surface area contributed by atoms with Gasteiger partial charge in [-0.1, -0.05) is 24.3 Å². The van der Waals surface area contributed by atoms with Gasteiger partial charge in [0.05, 0.1) is 30.8 Å². The van der Waals surface area contributed by atoms with Gasteiger partial charge in [-0.05, 0) is 45.0 Å². The average Bonchev–Trinajstić information content (AvgIpc) is 3.40. The zero-order valence-electron chi connectivity index (χ0n) is 23.2. The maximum atomic E-state index is 14.6. The molecule has 0 bridgehead atoms. The molecule has 2 atom stereocenters. The molecule has 11 heteroatoms. The summed E-state index contributed by atoms with van der Waals surface area (Å²) in [7, 11) is 2.10. The fraction of sp³-hybridized carbons (Fsp3) is 0.467. The molecule has 3 aliphatic rings. The maximum Gasteiger partial charge on any atom is 0.407 e. The van der Waals surface area contributed by atoms with Crippen LogP contribution in [0.4, 0.5) is 20.7 Å². The Morgan fingerprint density at radius 1 is 1.10 bits per heavy atom. The third-order valence-corrected chi connectivity index (χ3v) is 8.64. The lowest BCUT2D eigenvalue weighted by Crippen LogP contribution is -2.55. The molecule has 3 aromatic rings. The number of fused-ring (bicyclic) bond motifs is 2. The van der Waals surface area contributed by atoms with E-state index in [-0.39, 0.29) is 18.8 Å². The predicted molar refractivity (Wildman–Crippen MR) is 153 cm³/mol. The number of nitrogens with zero attached hydrogens (tertiary/aromatic N) is 7. The first-order valence-corrected chi connectivity index (χ1v) is 14.2. The fourth-order valence-corrected chi connectivity index (χ4v) is 6.38. The number of likely N-dealkylation sites (tertiary alicyclic amines) is 1. The number of carbonyl (C=O) groups is 1. The Balaban J connectivity index is 1.34. The van der Waals surface area contributed by atoms with Crippen molar-refractivity contribution in [3.8, 4) is 12.1 Å². The molecule has 10 nitrogen and oxygen atoms in total. The van der Waals surface area contributed by atoms with E-state index >= 15 is 0 Å². The van der Waals surface area contributed by atoms with Crippen LogP contribution in [0.2, 0.25) is 0 Å². The Hall–Kier alpha value is -4.17. The average molecular weight is 560 g/mol. The Morgan fingerprint density at radius 3 is 2.68 bits per heavy atom. The van der Waals surface area contributed by atoms with Crippen LogP contribution in [0.3, 0.4) is 0 Å². The third kappa shape index (κ3) is 5.32. The second-order valence-electron chi connectivity index (χ2n) is 11.1. The van der Waals surface area contributed by atoms with Gasteiger partial charge in [-0.15, -0.1) is 0 Å². The van der Waals surface area contributed by atoms with Crippen LogP contribution in [0.15, 0.2) is 36.4 Å². The molecule has 6 rings (SSSR count). The fourth-order valence-electron chi connectivity index (χ4n) is 6.38. The highest BCUT2D eigenvalue weighted by Crippen LogP contribution is 2.35. The Kier molecular flexibility index (Phi) is 7.49. The third-order valence-electron chi connectivity index (χ3n) is 8.64. The van der Waals surface area contributed by atoms with E-state index in [9.17, 15) is 19.6 Å². The number of halogens is 1. The monoisotopic (exact) mass is 559 g/mol. The zero-order valence-corrected chi connectivity index (χ0v) is 23.2. The Morgan fingerprint density at radius 2 is 1.93 bits per heavy atom. The van der Waals surface area contributed by atoms with Gasteiger partial charge in [0.2, 0.25) is 0 Å². The van der Waals surface area contributed by atoms with Gasteiger partial charge in [0, 0.05) is 54.2 Å². The largest absolute Gasteiger partial charge is 0.465 e. The minimum atomic E-state index is -1.01. The van der Waals surface area contributed by atoms with E-state index in [1.165, 1.54) is 11.0 Å². The molecule has 2 aromatic carbocycles. The number of benzene rings is 2. The Bertz CT molecular complexity index is 1490. The summed E-state index contributed by atoms with van der Waals surface area (Å²) in [6, 6.07) is 13.2. The number of anilines is 2. The van der Waals surface area contributed by atoms with Crippen LogP contribution in [0.5, 0.6) is 6.01 Å². The van der Waals surface area contributed by atoms with Gasteiger partial charge >= 0.3 is 12.1 Å².